The maximum Gasteiger partial charge on any atom is 0.255 e. The lowest BCUT2D eigenvalue weighted by molar-refractivity contribution is -0.124. The summed E-state index contributed by atoms with van der Waals surface area (Å²) in [7, 11) is 1.55. The Morgan fingerprint density at radius 1 is 0.939 bits per heavy atom. The van der Waals surface area contributed by atoms with Gasteiger partial charge >= 0.3 is 0 Å². The second-order valence-corrected chi connectivity index (χ2v) is 7.72. The minimum absolute atomic E-state index is 0.161. The summed E-state index contributed by atoms with van der Waals surface area (Å²) in [5, 5.41) is 8.32. The molecule has 3 rings (SSSR count). The van der Waals surface area contributed by atoms with E-state index >= 15 is 0 Å². The number of ether oxygens (including phenoxy) is 1. The average Bonchev–Trinajstić information content (AvgIpc) is 3.34. The van der Waals surface area contributed by atoms with E-state index in [-0.39, 0.29) is 29.8 Å². The fourth-order valence-electron chi connectivity index (χ4n) is 3.18. The van der Waals surface area contributed by atoms with Gasteiger partial charge in [-0.3, -0.25) is 14.4 Å². The van der Waals surface area contributed by atoms with E-state index < -0.39 is 11.9 Å². The van der Waals surface area contributed by atoms with Crippen molar-refractivity contribution in [3.8, 4) is 5.75 Å². The molecule has 172 valence electrons. The highest BCUT2D eigenvalue weighted by Crippen LogP contribution is 2.18. The molecule has 3 aromatic rings. The van der Waals surface area contributed by atoms with Crippen LogP contribution in [0.2, 0.25) is 0 Å². The third-order valence-electron chi connectivity index (χ3n) is 5.02. The summed E-state index contributed by atoms with van der Waals surface area (Å²) in [6.45, 7) is 3.91. The smallest absolute Gasteiger partial charge is 0.255 e. The van der Waals surface area contributed by atoms with Gasteiger partial charge in [-0.15, -0.1) is 0 Å². The molecule has 8 nitrogen and oxygen atoms in total. The average molecular weight is 450 g/mol. The van der Waals surface area contributed by atoms with Crippen molar-refractivity contribution < 1.29 is 23.5 Å². The Labute approximate surface area is 192 Å². The summed E-state index contributed by atoms with van der Waals surface area (Å²) in [5.41, 5.74) is 1.02. The van der Waals surface area contributed by atoms with Crippen molar-refractivity contribution in [2.75, 3.05) is 12.4 Å². The van der Waals surface area contributed by atoms with Gasteiger partial charge in [-0.2, -0.15) is 0 Å². The fourth-order valence-corrected chi connectivity index (χ4v) is 3.18. The zero-order valence-electron chi connectivity index (χ0n) is 18.8. The van der Waals surface area contributed by atoms with Gasteiger partial charge in [0.05, 0.1) is 31.2 Å². The summed E-state index contributed by atoms with van der Waals surface area (Å²) >= 11 is 0. The largest absolute Gasteiger partial charge is 0.497 e. The first-order valence-corrected chi connectivity index (χ1v) is 10.5. The number of furan rings is 1. The molecular formula is C25H27N3O5. The summed E-state index contributed by atoms with van der Waals surface area (Å²) in [4.78, 5) is 38.4. The fraction of sp³-hybridized carbons (Fsp3) is 0.240. The predicted octanol–water partition coefficient (Wildman–Crippen LogP) is 3.61. The third-order valence-corrected chi connectivity index (χ3v) is 5.02. The van der Waals surface area contributed by atoms with Gasteiger partial charge in [0.2, 0.25) is 5.91 Å². The number of anilines is 1. The van der Waals surface area contributed by atoms with Crippen LogP contribution >= 0.6 is 0 Å². The van der Waals surface area contributed by atoms with Crippen molar-refractivity contribution in [3.63, 3.8) is 0 Å². The van der Waals surface area contributed by atoms with Crippen molar-refractivity contribution in [2.24, 2.45) is 5.92 Å². The first-order valence-electron chi connectivity index (χ1n) is 10.5. The summed E-state index contributed by atoms with van der Waals surface area (Å²) in [6, 6.07) is 16.0. The van der Waals surface area contributed by atoms with Crippen LogP contribution in [-0.4, -0.2) is 30.9 Å². The molecule has 0 bridgehead atoms. The van der Waals surface area contributed by atoms with Crippen molar-refractivity contribution in [2.45, 2.75) is 26.4 Å². The van der Waals surface area contributed by atoms with Gasteiger partial charge in [0.25, 0.3) is 11.8 Å². The van der Waals surface area contributed by atoms with E-state index in [0.717, 1.165) is 0 Å². The molecule has 0 saturated heterocycles. The highest BCUT2D eigenvalue weighted by atomic mass is 16.5. The van der Waals surface area contributed by atoms with Crippen molar-refractivity contribution in [1.82, 2.24) is 10.6 Å². The Hall–Kier alpha value is -4.07. The molecule has 2 aromatic carbocycles. The molecule has 3 N–H and O–H groups in total. The lowest BCUT2D eigenvalue weighted by atomic mass is 10.0. The van der Waals surface area contributed by atoms with Crippen LogP contribution in [0, 0.1) is 5.92 Å². The van der Waals surface area contributed by atoms with E-state index in [1.807, 2.05) is 13.8 Å². The molecule has 33 heavy (non-hydrogen) atoms. The van der Waals surface area contributed by atoms with Gasteiger partial charge < -0.3 is 25.1 Å². The van der Waals surface area contributed by atoms with Crippen molar-refractivity contribution in [1.29, 1.82) is 0 Å². The maximum absolute atomic E-state index is 13.0. The number of para-hydroxylation sites is 1. The molecule has 0 aliphatic rings. The number of carbonyl (C=O) groups is 3. The van der Waals surface area contributed by atoms with Crippen LogP contribution in [0.1, 0.15) is 40.3 Å². The molecule has 0 spiro atoms. The number of methoxy groups -OCH3 is 1. The van der Waals surface area contributed by atoms with E-state index in [9.17, 15) is 14.4 Å². The summed E-state index contributed by atoms with van der Waals surface area (Å²) < 4.78 is 10.3. The van der Waals surface area contributed by atoms with Gasteiger partial charge in [-0.05, 0) is 54.4 Å². The number of benzene rings is 2. The Bertz CT molecular complexity index is 1090. The molecule has 0 saturated carbocycles. The lowest BCUT2D eigenvalue weighted by Gasteiger charge is -2.22. The summed E-state index contributed by atoms with van der Waals surface area (Å²) in [6.07, 6.45) is 1.53. The van der Waals surface area contributed by atoms with Crippen LogP contribution in [-0.2, 0) is 11.3 Å². The van der Waals surface area contributed by atoms with E-state index in [0.29, 0.717) is 22.8 Å². The van der Waals surface area contributed by atoms with Crippen LogP contribution < -0.4 is 20.7 Å². The molecule has 0 unspecified atom stereocenters. The minimum Gasteiger partial charge on any atom is -0.497 e. The molecule has 3 amide bonds. The van der Waals surface area contributed by atoms with Gasteiger partial charge in [0.15, 0.2) is 0 Å². The highest BCUT2D eigenvalue weighted by Gasteiger charge is 2.26. The molecule has 1 atom stereocenters. The van der Waals surface area contributed by atoms with Crippen molar-refractivity contribution in [3.05, 3.63) is 83.8 Å². The predicted molar refractivity (Wildman–Crippen MR) is 124 cm³/mol. The van der Waals surface area contributed by atoms with Gasteiger partial charge in [0.1, 0.15) is 17.6 Å². The van der Waals surface area contributed by atoms with Crippen LogP contribution in [0.4, 0.5) is 5.69 Å². The number of carbonyl (C=O) groups excluding carboxylic acids is 3. The van der Waals surface area contributed by atoms with Crippen LogP contribution in [0.5, 0.6) is 5.75 Å². The second-order valence-electron chi connectivity index (χ2n) is 7.72. The molecular weight excluding hydrogens is 422 g/mol. The normalized spacial score (nSPS) is 11.5. The second kappa shape index (κ2) is 11.0. The van der Waals surface area contributed by atoms with Crippen LogP contribution in [0.25, 0.3) is 0 Å². The topological polar surface area (TPSA) is 110 Å². The number of hydrogen-bond acceptors (Lipinski definition) is 5. The monoisotopic (exact) mass is 449 g/mol. The number of hydrogen-bond donors (Lipinski definition) is 3. The molecule has 0 aliphatic heterocycles. The molecule has 1 heterocycles. The SMILES string of the molecule is COc1ccc(C(=O)Nc2ccccc2C(=O)N[C@H](C(=O)NCc2ccco2)C(C)C)cc1. The zero-order valence-corrected chi connectivity index (χ0v) is 18.8. The van der Waals surface area contributed by atoms with Gasteiger partial charge in [-0.1, -0.05) is 26.0 Å². The van der Waals surface area contributed by atoms with Crippen LogP contribution in [0.15, 0.2) is 71.3 Å². The van der Waals surface area contributed by atoms with Crippen LogP contribution in [0.3, 0.4) is 0 Å². The molecule has 8 heteroatoms. The summed E-state index contributed by atoms with van der Waals surface area (Å²) in [5.74, 6) is -0.0664. The van der Waals surface area contributed by atoms with Gasteiger partial charge in [-0.25, -0.2) is 0 Å². The third kappa shape index (κ3) is 6.22. The van der Waals surface area contributed by atoms with Crippen molar-refractivity contribution >= 4 is 23.4 Å². The standard InChI is InChI=1S/C25H27N3O5/c1-16(2)22(25(31)26-15-19-7-6-14-33-19)28-24(30)20-8-4-5-9-21(20)27-23(29)17-10-12-18(32-3)13-11-17/h4-14,16,22H,15H2,1-3H3,(H,26,31)(H,27,29)(H,28,30)/t22-/m0/s1. The first-order chi connectivity index (χ1) is 15.9. The minimum atomic E-state index is -0.766. The molecule has 1 aromatic heterocycles. The Morgan fingerprint density at radius 3 is 2.30 bits per heavy atom. The van der Waals surface area contributed by atoms with E-state index in [1.165, 1.54) is 6.26 Å². The highest BCUT2D eigenvalue weighted by molar-refractivity contribution is 6.09. The number of rotatable bonds is 9. The zero-order chi connectivity index (χ0) is 23.8. The van der Waals surface area contributed by atoms with E-state index in [4.69, 9.17) is 9.15 Å². The molecule has 0 radical (unpaired) electrons. The Morgan fingerprint density at radius 2 is 1.67 bits per heavy atom. The number of nitrogens with one attached hydrogen (secondary N) is 3. The van der Waals surface area contributed by atoms with Gasteiger partial charge in [0, 0.05) is 5.56 Å². The quantitative estimate of drug-likeness (QED) is 0.462. The Kier molecular flexibility index (Phi) is 7.86. The van der Waals surface area contributed by atoms with E-state index in [2.05, 4.69) is 16.0 Å². The Balaban J connectivity index is 1.70. The molecule has 0 fully saturated rings. The first kappa shape index (κ1) is 23.6. The van der Waals surface area contributed by atoms with E-state index in [1.54, 1.807) is 67.8 Å². The number of amides is 3. The maximum atomic E-state index is 13.0. The molecule has 0 aliphatic carbocycles. The lowest BCUT2D eigenvalue weighted by Crippen LogP contribution is -2.49.